The maximum Gasteiger partial charge on any atom is 0.259 e. The Morgan fingerprint density at radius 1 is 1.00 bits per heavy atom. The Balaban J connectivity index is 1.50. The van der Waals surface area contributed by atoms with Crippen LogP contribution >= 0.6 is 0 Å². The van der Waals surface area contributed by atoms with E-state index in [0.29, 0.717) is 18.1 Å². The fourth-order valence-electron chi connectivity index (χ4n) is 2.69. The Hall–Kier alpha value is -3.80. The van der Waals surface area contributed by atoms with Crippen molar-refractivity contribution in [2.75, 3.05) is 19.0 Å². The van der Waals surface area contributed by atoms with Crippen molar-refractivity contribution in [3.8, 4) is 11.5 Å². The van der Waals surface area contributed by atoms with Crippen LogP contribution in [0.5, 0.6) is 11.5 Å². The molecule has 0 aliphatic carbocycles. The van der Waals surface area contributed by atoms with E-state index in [-0.39, 0.29) is 12.5 Å². The van der Waals surface area contributed by atoms with Gasteiger partial charge in [-0.1, -0.05) is 48.0 Å². The fourth-order valence-corrected chi connectivity index (χ4v) is 2.69. The first-order valence-corrected chi connectivity index (χ1v) is 9.61. The van der Waals surface area contributed by atoms with Crippen LogP contribution < -0.4 is 20.2 Å². The van der Waals surface area contributed by atoms with Crippen molar-refractivity contribution < 1.29 is 14.3 Å². The zero-order valence-corrected chi connectivity index (χ0v) is 17.1. The first-order valence-electron chi connectivity index (χ1n) is 9.61. The monoisotopic (exact) mass is 403 g/mol. The number of nitrogens with zero attached hydrogens (tertiary/aromatic N) is 1. The smallest absolute Gasteiger partial charge is 0.259 e. The summed E-state index contributed by atoms with van der Waals surface area (Å²) in [5.41, 5.74) is 6.42. The molecular weight excluding hydrogens is 378 g/mol. The predicted molar refractivity (Wildman–Crippen MR) is 119 cm³/mol. The number of methoxy groups -OCH3 is 1. The number of hydrazone groups is 1. The van der Waals surface area contributed by atoms with E-state index in [2.05, 4.69) is 15.8 Å². The molecule has 154 valence electrons. The van der Waals surface area contributed by atoms with Gasteiger partial charge in [-0.2, -0.15) is 5.10 Å². The van der Waals surface area contributed by atoms with E-state index in [1.807, 2.05) is 73.7 Å². The van der Waals surface area contributed by atoms with E-state index in [9.17, 15) is 4.79 Å². The molecule has 0 fully saturated rings. The highest BCUT2D eigenvalue weighted by Crippen LogP contribution is 2.28. The number of benzene rings is 3. The van der Waals surface area contributed by atoms with Gasteiger partial charge in [-0.15, -0.1) is 0 Å². The molecule has 0 spiro atoms. The maximum absolute atomic E-state index is 11.9. The molecule has 3 aromatic carbocycles. The normalized spacial score (nSPS) is 10.6. The third kappa shape index (κ3) is 6.38. The van der Waals surface area contributed by atoms with Gasteiger partial charge in [-0.3, -0.25) is 4.79 Å². The standard InChI is InChI=1S/C24H25N3O3/c1-18-8-11-21(12-9-18)25-16-24(28)27-26-15-20-10-13-22(23(14-20)29-2)30-17-19-6-4-3-5-7-19/h3-15,25H,16-17H2,1-2H3,(H,27,28)/b26-15+. The van der Waals surface area contributed by atoms with Crippen LogP contribution in [0.15, 0.2) is 77.9 Å². The van der Waals surface area contributed by atoms with E-state index < -0.39 is 0 Å². The van der Waals surface area contributed by atoms with Crippen LogP contribution in [0.4, 0.5) is 5.69 Å². The van der Waals surface area contributed by atoms with Crippen LogP contribution in [0.3, 0.4) is 0 Å². The van der Waals surface area contributed by atoms with Gasteiger partial charge in [-0.25, -0.2) is 5.43 Å². The summed E-state index contributed by atoms with van der Waals surface area (Å²) in [6, 6.07) is 23.2. The molecule has 0 radical (unpaired) electrons. The van der Waals surface area contributed by atoms with E-state index in [1.165, 1.54) is 5.56 Å². The van der Waals surface area contributed by atoms with Crippen molar-refractivity contribution in [2.45, 2.75) is 13.5 Å². The average Bonchev–Trinajstić information content (AvgIpc) is 2.78. The molecule has 0 unspecified atom stereocenters. The highest BCUT2D eigenvalue weighted by Gasteiger charge is 2.06. The largest absolute Gasteiger partial charge is 0.493 e. The van der Waals surface area contributed by atoms with E-state index >= 15 is 0 Å². The molecule has 6 heteroatoms. The molecule has 0 aliphatic heterocycles. The highest BCUT2D eigenvalue weighted by molar-refractivity contribution is 5.84. The molecule has 30 heavy (non-hydrogen) atoms. The number of hydrogen-bond acceptors (Lipinski definition) is 5. The number of aryl methyl sites for hydroxylation is 1. The van der Waals surface area contributed by atoms with Crippen molar-refractivity contribution in [1.29, 1.82) is 0 Å². The van der Waals surface area contributed by atoms with Crippen LogP contribution in [-0.2, 0) is 11.4 Å². The summed E-state index contributed by atoms with van der Waals surface area (Å²) >= 11 is 0. The Labute approximate surface area is 176 Å². The zero-order valence-electron chi connectivity index (χ0n) is 17.1. The molecule has 1 amide bonds. The van der Waals surface area contributed by atoms with Crippen molar-refractivity contribution >= 4 is 17.8 Å². The van der Waals surface area contributed by atoms with Crippen molar-refractivity contribution in [1.82, 2.24) is 5.43 Å². The molecule has 6 nitrogen and oxygen atoms in total. The van der Waals surface area contributed by atoms with Gasteiger partial charge in [0.1, 0.15) is 6.61 Å². The van der Waals surface area contributed by atoms with Crippen molar-refractivity contribution in [3.05, 3.63) is 89.5 Å². The summed E-state index contributed by atoms with van der Waals surface area (Å²) in [6.45, 7) is 2.60. The van der Waals surface area contributed by atoms with Gasteiger partial charge in [0.2, 0.25) is 0 Å². The number of hydrogen-bond donors (Lipinski definition) is 2. The van der Waals surface area contributed by atoms with E-state index in [0.717, 1.165) is 16.8 Å². The summed E-state index contributed by atoms with van der Waals surface area (Å²) in [5.74, 6) is 1.01. The zero-order chi connectivity index (χ0) is 21.2. The van der Waals surface area contributed by atoms with Gasteiger partial charge >= 0.3 is 0 Å². The summed E-state index contributed by atoms with van der Waals surface area (Å²) in [6.07, 6.45) is 1.56. The summed E-state index contributed by atoms with van der Waals surface area (Å²) < 4.78 is 11.3. The summed E-state index contributed by atoms with van der Waals surface area (Å²) in [7, 11) is 1.59. The van der Waals surface area contributed by atoms with E-state index in [1.54, 1.807) is 19.4 Å². The third-order valence-electron chi connectivity index (χ3n) is 4.33. The lowest BCUT2D eigenvalue weighted by molar-refractivity contribution is -0.119. The lowest BCUT2D eigenvalue weighted by Crippen LogP contribution is -2.25. The van der Waals surface area contributed by atoms with Gasteiger partial charge in [0.15, 0.2) is 11.5 Å². The second-order valence-corrected chi connectivity index (χ2v) is 6.70. The molecule has 0 saturated heterocycles. The third-order valence-corrected chi connectivity index (χ3v) is 4.33. The average molecular weight is 403 g/mol. The van der Waals surface area contributed by atoms with Gasteiger partial charge in [0.25, 0.3) is 5.91 Å². The number of anilines is 1. The minimum atomic E-state index is -0.235. The highest BCUT2D eigenvalue weighted by atomic mass is 16.5. The van der Waals surface area contributed by atoms with Gasteiger partial charge in [0, 0.05) is 5.69 Å². The van der Waals surface area contributed by atoms with Crippen molar-refractivity contribution in [3.63, 3.8) is 0 Å². The minimum Gasteiger partial charge on any atom is -0.493 e. The van der Waals surface area contributed by atoms with Crippen LogP contribution in [0.1, 0.15) is 16.7 Å². The Morgan fingerprint density at radius 2 is 1.77 bits per heavy atom. The molecule has 0 heterocycles. The summed E-state index contributed by atoms with van der Waals surface area (Å²) in [5, 5.41) is 7.06. The molecule has 0 bridgehead atoms. The summed E-state index contributed by atoms with van der Waals surface area (Å²) in [4.78, 5) is 11.9. The molecular formula is C24H25N3O3. The molecule has 0 aliphatic rings. The molecule has 3 rings (SSSR count). The minimum absolute atomic E-state index is 0.135. The van der Waals surface area contributed by atoms with Crippen LogP contribution in [0.2, 0.25) is 0 Å². The van der Waals surface area contributed by atoms with E-state index in [4.69, 9.17) is 9.47 Å². The maximum atomic E-state index is 11.9. The Bertz CT molecular complexity index is 986. The molecule has 0 saturated carbocycles. The first-order chi connectivity index (χ1) is 14.6. The topological polar surface area (TPSA) is 72.0 Å². The molecule has 2 N–H and O–H groups in total. The second-order valence-electron chi connectivity index (χ2n) is 6.70. The molecule has 3 aromatic rings. The predicted octanol–water partition coefficient (Wildman–Crippen LogP) is 4.14. The fraction of sp³-hybridized carbons (Fsp3) is 0.167. The Morgan fingerprint density at radius 3 is 2.50 bits per heavy atom. The lowest BCUT2D eigenvalue weighted by Gasteiger charge is -2.11. The number of ether oxygens (including phenoxy) is 2. The Kier molecular flexibility index (Phi) is 7.44. The number of nitrogens with one attached hydrogen (secondary N) is 2. The van der Waals surface area contributed by atoms with Crippen LogP contribution in [0, 0.1) is 6.92 Å². The molecule has 0 atom stereocenters. The van der Waals surface area contributed by atoms with Crippen LogP contribution in [-0.4, -0.2) is 25.8 Å². The van der Waals surface area contributed by atoms with Gasteiger partial charge in [-0.05, 0) is 48.4 Å². The quantitative estimate of drug-likeness (QED) is 0.416. The van der Waals surface area contributed by atoms with Crippen LogP contribution in [0.25, 0.3) is 0 Å². The number of carbonyl (C=O) groups excluding carboxylic acids is 1. The van der Waals surface area contributed by atoms with Gasteiger partial charge < -0.3 is 14.8 Å². The molecule has 0 aromatic heterocycles. The van der Waals surface area contributed by atoms with Crippen molar-refractivity contribution in [2.24, 2.45) is 5.10 Å². The van der Waals surface area contributed by atoms with Gasteiger partial charge in [0.05, 0.1) is 19.9 Å². The number of amides is 1. The SMILES string of the molecule is COc1cc(/C=N/NC(=O)CNc2ccc(C)cc2)ccc1OCc1ccccc1. The lowest BCUT2D eigenvalue weighted by atomic mass is 10.2. The number of rotatable bonds is 9. The number of carbonyl (C=O) groups is 1. The second kappa shape index (κ2) is 10.7. The first kappa shape index (κ1) is 20.9.